The first kappa shape index (κ1) is 15.9. The van der Waals surface area contributed by atoms with Crippen molar-refractivity contribution in [1.82, 2.24) is 5.16 Å². The lowest BCUT2D eigenvalue weighted by atomic mass is 10.2. The maximum absolute atomic E-state index is 11.1. The summed E-state index contributed by atoms with van der Waals surface area (Å²) in [5.74, 6) is 0.0961. The lowest BCUT2D eigenvalue weighted by Gasteiger charge is -2.19. The van der Waals surface area contributed by atoms with Crippen molar-refractivity contribution in [1.29, 1.82) is 0 Å². The molecule has 2 rings (SSSR count). The Labute approximate surface area is 118 Å². The molecule has 1 heterocycles. The predicted molar refractivity (Wildman–Crippen MR) is 73.4 cm³/mol. The van der Waals surface area contributed by atoms with Crippen LogP contribution in [-0.2, 0) is 9.13 Å². The quantitative estimate of drug-likeness (QED) is 0.510. The fraction of sp³-hybridized carbons (Fsp3) is 0.100. The molecule has 0 aliphatic carbocycles. The molecule has 9 nitrogen and oxygen atoms in total. The molecule has 0 saturated carbocycles. The average molecular weight is 334 g/mol. The Hall–Kier alpha value is -1.47. The van der Waals surface area contributed by atoms with Gasteiger partial charge < -0.3 is 29.4 Å². The van der Waals surface area contributed by atoms with Crippen LogP contribution < -0.4 is 5.32 Å². The van der Waals surface area contributed by atoms with Crippen molar-refractivity contribution in [3.8, 4) is 11.3 Å². The number of nitrogens with one attached hydrogen (secondary N) is 1. The monoisotopic (exact) mass is 334 g/mol. The Morgan fingerprint density at radius 1 is 1.05 bits per heavy atom. The molecule has 0 aliphatic rings. The molecule has 0 unspecified atom stereocenters. The third-order valence-corrected chi connectivity index (χ3v) is 5.82. The van der Waals surface area contributed by atoms with Crippen LogP contribution in [0.15, 0.2) is 40.9 Å². The second kappa shape index (κ2) is 5.73. The molecule has 0 aliphatic heterocycles. The minimum atomic E-state index is -5.08. The molecular formula is C10H12N2O7P2. The molecule has 1 aromatic heterocycles. The van der Waals surface area contributed by atoms with Crippen molar-refractivity contribution in [2.75, 3.05) is 5.32 Å². The van der Waals surface area contributed by atoms with Crippen LogP contribution >= 0.6 is 15.2 Å². The Kier molecular flexibility index (Phi) is 4.34. The zero-order valence-corrected chi connectivity index (χ0v) is 12.2. The number of anilines is 1. The summed E-state index contributed by atoms with van der Waals surface area (Å²) in [6.07, 6.45) is 0. The first-order chi connectivity index (χ1) is 9.68. The van der Waals surface area contributed by atoms with Crippen LogP contribution in [0.25, 0.3) is 11.3 Å². The summed E-state index contributed by atoms with van der Waals surface area (Å²) >= 11 is 0. The molecule has 21 heavy (non-hydrogen) atoms. The average Bonchev–Trinajstić information content (AvgIpc) is 2.83. The summed E-state index contributed by atoms with van der Waals surface area (Å²) in [5, 5.41) is 5.50. The molecule has 0 atom stereocenters. The van der Waals surface area contributed by atoms with E-state index in [4.69, 9.17) is 24.1 Å². The van der Waals surface area contributed by atoms with Crippen molar-refractivity contribution >= 4 is 21.0 Å². The zero-order chi connectivity index (χ0) is 15.7. The van der Waals surface area contributed by atoms with E-state index in [1.807, 2.05) is 5.32 Å². The lowest BCUT2D eigenvalue weighted by molar-refractivity contribution is 0.343. The topological polar surface area (TPSA) is 153 Å². The minimum Gasteiger partial charge on any atom is -0.354 e. The molecule has 1 aromatic carbocycles. The summed E-state index contributed by atoms with van der Waals surface area (Å²) in [6, 6.07) is 10.0. The van der Waals surface area contributed by atoms with Crippen LogP contribution in [0, 0.1) is 0 Å². The second-order valence-electron chi connectivity index (χ2n) is 4.14. The van der Waals surface area contributed by atoms with E-state index in [1.165, 1.54) is 6.07 Å². The summed E-state index contributed by atoms with van der Waals surface area (Å²) < 4.78 is 27.2. The van der Waals surface area contributed by atoms with Gasteiger partial charge in [0.15, 0.2) is 11.6 Å². The van der Waals surface area contributed by atoms with Crippen molar-refractivity contribution in [3.63, 3.8) is 0 Å². The fourth-order valence-electron chi connectivity index (χ4n) is 1.58. The Bertz CT molecular complexity index is 683. The van der Waals surface area contributed by atoms with Gasteiger partial charge in [-0.25, -0.2) is 0 Å². The number of hydrogen-bond donors (Lipinski definition) is 5. The van der Waals surface area contributed by atoms with E-state index < -0.39 is 20.7 Å². The highest BCUT2D eigenvalue weighted by molar-refractivity contribution is 7.71. The molecule has 0 spiro atoms. The van der Waals surface area contributed by atoms with Gasteiger partial charge in [-0.2, -0.15) is 0 Å². The number of benzene rings is 1. The fourth-order valence-corrected chi connectivity index (χ4v) is 3.75. The molecule has 0 saturated heterocycles. The van der Waals surface area contributed by atoms with Gasteiger partial charge in [0.1, 0.15) is 0 Å². The third-order valence-electron chi connectivity index (χ3n) is 2.48. The normalized spacial score (nSPS) is 12.6. The van der Waals surface area contributed by atoms with Crippen molar-refractivity contribution in [3.05, 3.63) is 36.4 Å². The van der Waals surface area contributed by atoms with E-state index in [0.29, 0.717) is 5.56 Å². The van der Waals surface area contributed by atoms with E-state index in [1.54, 1.807) is 30.3 Å². The van der Waals surface area contributed by atoms with Gasteiger partial charge in [0.2, 0.25) is 5.52 Å². The van der Waals surface area contributed by atoms with Gasteiger partial charge in [0, 0.05) is 11.6 Å². The molecule has 0 fully saturated rings. The molecular weight excluding hydrogens is 322 g/mol. The number of hydrogen-bond acceptors (Lipinski definition) is 5. The highest BCUT2D eigenvalue weighted by Crippen LogP contribution is 2.59. The van der Waals surface area contributed by atoms with E-state index in [2.05, 4.69) is 5.16 Å². The SMILES string of the molecule is O=P(O)(O)C(Nc1cc(-c2ccccc2)on1)P(=O)(O)O. The first-order valence-corrected chi connectivity index (χ1v) is 8.93. The number of nitrogens with zero attached hydrogens (tertiary/aromatic N) is 1. The zero-order valence-electron chi connectivity index (χ0n) is 10.4. The summed E-state index contributed by atoms with van der Waals surface area (Å²) in [4.78, 5) is 36.0. The molecule has 0 amide bonds. The Morgan fingerprint density at radius 2 is 1.62 bits per heavy atom. The highest BCUT2D eigenvalue weighted by atomic mass is 31.2. The van der Waals surface area contributed by atoms with E-state index in [9.17, 15) is 9.13 Å². The Morgan fingerprint density at radius 3 is 2.14 bits per heavy atom. The largest absolute Gasteiger partial charge is 0.360 e. The molecule has 0 radical (unpaired) electrons. The molecule has 114 valence electrons. The Balaban J connectivity index is 2.26. The predicted octanol–water partition coefficient (Wildman–Crippen LogP) is 1.39. The van der Waals surface area contributed by atoms with Gasteiger partial charge in [-0.15, -0.1) is 0 Å². The maximum atomic E-state index is 11.1. The van der Waals surface area contributed by atoms with Gasteiger partial charge in [-0.1, -0.05) is 35.5 Å². The van der Waals surface area contributed by atoms with E-state index in [-0.39, 0.29) is 11.6 Å². The summed E-state index contributed by atoms with van der Waals surface area (Å²) in [7, 11) is -10.2. The van der Waals surface area contributed by atoms with Crippen molar-refractivity contribution in [2.45, 2.75) is 5.52 Å². The summed E-state index contributed by atoms with van der Waals surface area (Å²) in [6.45, 7) is 0. The number of aromatic nitrogens is 1. The minimum absolute atomic E-state index is 0.189. The summed E-state index contributed by atoms with van der Waals surface area (Å²) in [5.41, 5.74) is -1.72. The standard InChI is InChI=1S/C10H12N2O7P2/c13-20(14,15)10(21(16,17)18)11-9-6-8(19-12-9)7-4-2-1-3-5-7/h1-6,10H,(H,11,12)(H2,13,14,15)(H2,16,17,18). The van der Waals surface area contributed by atoms with Crippen LogP contribution in [0.2, 0.25) is 0 Å². The second-order valence-corrected chi connectivity index (χ2v) is 7.94. The van der Waals surface area contributed by atoms with Gasteiger partial charge in [0.05, 0.1) is 0 Å². The van der Waals surface area contributed by atoms with Crippen molar-refractivity contribution < 1.29 is 33.2 Å². The van der Waals surface area contributed by atoms with Crippen LogP contribution in [0.1, 0.15) is 0 Å². The van der Waals surface area contributed by atoms with Crippen molar-refractivity contribution in [2.24, 2.45) is 0 Å². The highest BCUT2D eigenvalue weighted by Gasteiger charge is 2.44. The number of rotatable bonds is 5. The lowest BCUT2D eigenvalue weighted by Crippen LogP contribution is -2.20. The van der Waals surface area contributed by atoms with Gasteiger partial charge in [0.25, 0.3) is 0 Å². The van der Waals surface area contributed by atoms with Crippen LogP contribution in [0.5, 0.6) is 0 Å². The molecule has 2 aromatic rings. The molecule has 11 heteroatoms. The first-order valence-electron chi connectivity index (χ1n) is 5.57. The van der Waals surface area contributed by atoms with Gasteiger partial charge in [-0.05, 0) is 0 Å². The van der Waals surface area contributed by atoms with E-state index >= 15 is 0 Å². The van der Waals surface area contributed by atoms with Gasteiger partial charge in [-0.3, -0.25) is 9.13 Å². The van der Waals surface area contributed by atoms with Crippen LogP contribution in [0.4, 0.5) is 5.82 Å². The molecule has 5 N–H and O–H groups in total. The molecule has 0 bridgehead atoms. The van der Waals surface area contributed by atoms with Crippen LogP contribution in [-0.4, -0.2) is 30.3 Å². The van der Waals surface area contributed by atoms with Crippen LogP contribution in [0.3, 0.4) is 0 Å². The smallest absolute Gasteiger partial charge is 0.354 e. The maximum Gasteiger partial charge on any atom is 0.360 e. The third kappa shape index (κ3) is 4.01. The van der Waals surface area contributed by atoms with Gasteiger partial charge >= 0.3 is 15.2 Å². The van der Waals surface area contributed by atoms with E-state index in [0.717, 1.165) is 0 Å².